The van der Waals surface area contributed by atoms with Crippen LogP contribution in [-0.4, -0.2) is 16.1 Å². The Morgan fingerprint density at radius 3 is 2.74 bits per heavy atom. The van der Waals surface area contributed by atoms with Crippen LogP contribution in [-0.2, 0) is 11.2 Å². The molecule has 0 saturated heterocycles. The van der Waals surface area contributed by atoms with Gasteiger partial charge in [0.15, 0.2) is 0 Å². The first kappa shape index (κ1) is 13.4. The number of hydrogen-bond acceptors (Lipinski definition) is 1. The van der Waals surface area contributed by atoms with Gasteiger partial charge in [0.1, 0.15) is 0 Å². The molecule has 0 saturated carbocycles. The van der Waals surface area contributed by atoms with Crippen molar-refractivity contribution in [1.29, 1.82) is 0 Å². The average molecular weight is 257 g/mol. The zero-order chi connectivity index (χ0) is 14.0. The van der Waals surface area contributed by atoms with Crippen molar-refractivity contribution in [2.24, 2.45) is 5.92 Å². The number of carbonyl (C=O) groups is 1. The van der Waals surface area contributed by atoms with Gasteiger partial charge in [-0.2, -0.15) is 0 Å². The van der Waals surface area contributed by atoms with Crippen molar-refractivity contribution >= 4 is 22.4 Å². The quantitative estimate of drug-likeness (QED) is 0.817. The molecule has 2 aromatic rings. The van der Waals surface area contributed by atoms with Gasteiger partial charge in [0.05, 0.1) is 0 Å². The second-order valence-corrected chi connectivity index (χ2v) is 4.99. The fourth-order valence-electron chi connectivity index (χ4n) is 2.44. The van der Waals surface area contributed by atoms with Crippen LogP contribution in [0.25, 0.3) is 16.5 Å². The molecule has 0 amide bonds. The third-order valence-electron chi connectivity index (χ3n) is 3.39. The maximum Gasteiger partial charge on any atom is 0.328 e. The topological polar surface area (TPSA) is 53.1 Å². The Labute approximate surface area is 113 Å². The van der Waals surface area contributed by atoms with Gasteiger partial charge < -0.3 is 10.1 Å². The van der Waals surface area contributed by atoms with Crippen LogP contribution in [0, 0.1) is 5.92 Å². The number of carboxylic acids is 1. The summed E-state index contributed by atoms with van der Waals surface area (Å²) in [6.45, 7) is 6.14. The van der Waals surface area contributed by atoms with Crippen LogP contribution in [0.2, 0.25) is 0 Å². The first-order valence-corrected chi connectivity index (χ1v) is 6.58. The predicted octanol–water partition coefficient (Wildman–Crippen LogP) is 3.85. The number of fused-ring (bicyclic) bond motifs is 1. The van der Waals surface area contributed by atoms with Gasteiger partial charge in [-0.25, -0.2) is 4.79 Å². The summed E-state index contributed by atoms with van der Waals surface area (Å²) in [5.41, 5.74) is 4.20. The van der Waals surface area contributed by atoms with Gasteiger partial charge in [0.25, 0.3) is 0 Å². The van der Waals surface area contributed by atoms with Crippen molar-refractivity contribution in [3.63, 3.8) is 0 Å². The molecule has 0 spiro atoms. The lowest BCUT2D eigenvalue weighted by Gasteiger charge is -2.10. The van der Waals surface area contributed by atoms with E-state index in [2.05, 4.69) is 18.0 Å². The van der Waals surface area contributed by atoms with E-state index in [0.717, 1.165) is 28.5 Å². The fraction of sp³-hybridized carbons (Fsp3) is 0.312. The first-order chi connectivity index (χ1) is 9.04. The Morgan fingerprint density at radius 2 is 2.16 bits per heavy atom. The van der Waals surface area contributed by atoms with Crippen molar-refractivity contribution in [3.8, 4) is 0 Å². The van der Waals surface area contributed by atoms with E-state index >= 15 is 0 Å². The minimum absolute atomic E-state index is 0.167. The minimum Gasteiger partial charge on any atom is -0.478 e. The van der Waals surface area contributed by atoms with Crippen LogP contribution in [0.15, 0.2) is 30.5 Å². The molecule has 0 aliphatic heterocycles. The summed E-state index contributed by atoms with van der Waals surface area (Å²) in [4.78, 5) is 14.3. The standard InChI is InChI=1S/C16H19NO2/c1-4-11-6-5-7-12-14(9-17-16(11)12)13(10(2)3)8-15(18)19/h5-10,17H,4H2,1-3H3,(H,18,19)/b13-8-. The van der Waals surface area contributed by atoms with Gasteiger partial charge in [-0.1, -0.05) is 39.0 Å². The highest BCUT2D eigenvalue weighted by atomic mass is 16.4. The number of hydrogen-bond donors (Lipinski definition) is 2. The monoisotopic (exact) mass is 257 g/mol. The molecule has 3 nitrogen and oxygen atoms in total. The minimum atomic E-state index is -0.898. The van der Waals surface area contributed by atoms with E-state index in [1.165, 1.54) is 11.6 Å². The molecule has 0 aliphatic carbocycles. The average Bonchev–Trinajstić information content (AvgIpc) is 2.78. The van der Waals surface area contributed by atoms with Crippen LogP contribution >= 0.6 is 0 Å². The second kappa shape index (κ2) is 5.31. The molecule has 2 N–H and O–H groups in total. The molecule has 19 heavy (non-hydrogen) atoms. The number of nitrogens with one attached hydrogen (secondary N) is 1. The predicted molar refractivity (Wildman–Crippen MR) is 78.1 cm³/mol. The van der Waals surface area contributed by atoms with Crippen LogP contribution in [0.3, 0.4) is 0 Å². The summed E-state index contributed by atoms with van der Waals surface area (Å²) in [6.07, 6.45) is 4.18. The fourth-order valence-corrected chi connectivity index (χ4v) is 2.44. The number of aryl methyl sites for hydroxylation is 1. The highest BCUT2D eigenvalue weighted by Crippen LogP contribution is 2.31. The SMILES string of the molecule is CCc1cccc2c(/C(=C\C(=O)O)C(C)C)c[nH]c12. The molecule has 1 aromatic heterocycles. The van der Waals surface area contributed by atoms with Crippen LogP contribution in [0.1, 0.15) is 31.9 Å². The Hall–Kier alpha value is -2.03. The number of rotatable bonds is 4. The van der Waals surface area contributed by atoms with Crippen molar-refractivity contribution in [1.82, 2.24) is 4.98 Å². The molecular weight excluding hydrogens is 238 g/mol. The van der Waals surface area contributed by atoms with E-state index in [0.29, 0.717) is 0 Å². The molecule has 100 valence electrons. The molecule has 1 heterocycles. The number of carboxylic acid groups (broad SMARTS) is 1. The van der Waals surface area contributed by atoms with Crippen molar-refractivity contribution in [2.45, 2.75) is 27.2 Å². The van der Waals surface area contributed by atoms with Gasteiger partial charge in [-0.15, -0.1) is 0 Å². The van der Waals surface area contributed by atoms with Crippen molar-refractivity contribution in [3.05, 3.63) is 41.6 Å². The van der Waals surface area contributed by atoms with Gasteiger partial charge in [-0.05, 0) is 23.5 Å². The smallest absolute Gasteiger partial charge is 0.328 e. The highest BCUT2D eigenvalue weighted by Gasteiger charge is 2.14. The van der Waals surface area contributed by atoms with Gasteiger partial charge in [0, 0.05) is 28.7 Å². The van der Waals surface area contributed by atoms with Gasteiger partial charge >= 0.3 is 5.97 Å². The Balaban J connectivity index is 2.65. The molecule has 0 atom stereocenters. The number of para-hydroxylation sites is 1. The number of benzene rings is 1. The molecule has 1 aromatic carbocycles. The van der Waals surface area contributed by atoms with Crippen molar-refractivity contribution < 1.29 is 9.90 Å². The van der Waals surface area contributed by atoms with Crippen LogP contribution in [0.4, 0.5) is 0 Å². The Bertz CT molecular complexity index is 635. The Kier molecular flexibility index (Phi) is 3.74. The van der Waals surface area contributed by atoms with E-state index in [4.69, 9.17) is 5.11 Å². The summed E-state index contributed by atoms with van der Waals surface area (Å²) in [5.74, 6) is -0.731. The van der Waals surface area contributed by atoms with Gasteiger partial charge in [0.2, 0.25) is 0 Å². The highest BCUT2D eigenvalue weighted by molar-refractivity contribution is 5.99. The summed E-state index contributed by atoms with van der Waals surface area (Å²) in [6, 6.07) is 6.16. The lowest BCUT2D eigenvalue weighted by molar-refractivity contribution is -0.131. The van der Waals surface area contributed by atoms with E-state index in [1.807, 2.05) is 32.2 Å². The second-order valence-electron chi connectivity index (χ2n) is 4.99. The molecule has 0 aliphatic rings. The Morgan fingerprint density at radius 1 is 1.42 bits per heavy atom. The summed E-state index contributed by atoms with van der Waals surface area (Å²) >= 11 is 0. The molecule has 0 radical (unpaired) electrons. The maximum absolute atomic E-state index is 11.0. The number of aliphatic carboxylic acids is 1. The number of allylic oxidation sites excluding steroid dienone is 1. The van der Waals surface area contributed by atoms with E-state index in [9.17, 15) is 4.79 Å². The van der Waals surface area contributed by atoms with E-state index in [-0.39, 0.29) is 5.92 Å². The van der Waals surface area contributed by atoms with Crippen LogP contribution in [0.5, 0.6) is 0 Å². The molecule has 3 heteroatoms. The molecule has 2 rings (SSSR count). The lowest BCUT2D eigenvalue weighted by atomic mass is 9.94. The van der Waals surface area contributed by atoms with E-state index in [1.54, 1.807) is 0 Å². The van der Waals surface area contributed by atoms with Gasteiger partial charge in [-0.3, -0.25) is 0 Å². The number of aromatic nitrogens is 1. The maximum atomic E-state index is 11.0. The number of H-pyrrole nitrogens is 1. The zero-order valence-electron chi connectivity index (χ0n) is 11.5. The van der Waals surface area contributed by atoms with E-state index < -0.39 is 5.97 Å². The largest absolute Gasteiger partial charge is 0.478 e. The first-order valence-electron chi connectivity index (χ1n) is 6.58. The summed E-state index contributed by atoms with van der Waals surface area (Å²) in [7, 11) is 0. The third kappa shape index (κ3) is 2.55. The summed E-state index contributed by atoms with van der Waals surface area (Å²) < 4.78 is 0. The molecular formula is C16H19NO2. The van der Waals surface area contributed by atoms with Crippen molar-refractivity contribution in [2.75, 3.05) is 0 Å². The number of aromatic amines is 1. The summed E-state index contributed by atoms with van der Waals surface area (Å²) in [5, 5.41) is 10.1. The molecule has 0 fully saturated rings. The lowest BCUT2D eigenvalue weighted by Crippen LogP contribution is -1.98. The normalized spacial score (nSPS) is 12.3. The zero-order valence-corrected chi connectivity index (χ0v) is 11.5. The third-order valence-corrected chi connectivity index (χ3v) is 3.39. The van der Waals surface area contributed by atoms with Crippen LogP contribution < -0.4 is 0 Å². The molecule has 0 unspecified atom stereocenters. The molecule has 0 bridgehead atoms.